The minimum atomic E-state index is -0.623. The summed E-state index contributed by atoms with van der Waals surface area (Å²) in [6.45, 7) is 0. The van der Waals surface area contributed by atoms with Crippen molar-refractivity contribution in [1.29, 1.82) is 0 Å². The second-order valence-electron chi connectivity index (χ2n) is 4.97. The quantitative estimate of drug-likeness (QED) is 0.782. The summed E-state index contributed by atoms with van der Waals surface area (Å²) in [5.41, 5.74) is 0.213. The summed E-state index contributed by atoms with van der Waals surface area (Å²) in [5, 5.41) is 2.43. The van der Waals surface area contributed by atoms with Gasteiger partial charge in [0.05, 0.1) is 11.4 Å². The number of anilines is 2. The molecule has 0 fully saturated rings. The van der Waals surface area contributed by atoms with Crippen LogP contribution in [0.4, 0.5) is 11.4 Å². The van der Waals surface area contributed by atoms with Gasteiger partial charge < -0.3 is 5.32 Å². The molecule has 0 saturated heterocycles. The molecule has 1 aromatic rings. The summed E-state index contributed by atoms with van der Waals surface area (Å²) >= 11 is 0. The molecule has 0 spiro atoms. The Balaban J connectivity index is 2.17. The van der Waals surface area contributed by atoms with E-state index in [-0.39, 0.29) is 16.9 Å². The zero-order valence-electron chi connectivity index (χ0n) is 12.5. The van der Waals surface area contributed by atoms with Crippen molar-refractivity contribution < 1.29 is 24.0 Å². The Morgan fingerprint density at radius 3 is 1.71 bits per heavy atom. The van der Waals surface area contributed by atoms with Gasteiger partial charge in [0.25, 0.3) is 29.5 Å². The zero-order valence-corrected chi connectivity index (χ0v) is 12.5. The number of nitrogens with zero attached hydrogens (tertiary/aromatic N) is 2. The molecular weight excluding hydrogens is 314 g/mol. The van der Waals surface area contributed by atoms with Crippen LogP contribution in [0.25, 0.3) is 0 Å². The second kappa shape index (κ2) is 5.58. The molecule has 0 unspecified atom stereocenters. The van der Waals surface area contributed by atoms with E-state index in [4.69, 9.17) is 0 Å². The lowest BCUT2D eigenvalue weighted by atomic mass is 10.1. The van der Waals surface area contributed by atoms with Gasteiger partial charge in [-0.05, 0) is 18.2 Å². The van der Waals surface area contributed by atoms with Crippen LogP contribution in [0.3, 0.4) is 0 Å². The predicted molar refractivity (Wildman–Crippen MR) is 83.1 cm³/mol. The first-order valence-corrected chi connectivity index (χ1v) is 6.92. The lowest BCUT2D eigenvalue weighted by Crippen LogP contribution is -2.35. The van der Waals surface area contributed by atoms with Crippen LogP contribution in [0.5, 0.6) is 0 Å². The van der Waals surface area contributed by atoms with Crippen molar-refractivity contribution in [2.24, 2.45) is 0 Å². The van der Waals surface area contributed by atoms with E-state index in [1.807, 2.05) is 0 Å². The van der Waals surface area contributed by atoms with Gasteiger partial charge in [0.15, 0.2) is 0 Å². The van der Waals surface area contributed by atoms with E-state index in [2.05, 4.69) is 5.32 Å². The largest absolute Gasteiger partial charge is 0.355 e. The first kappa shape index (κ1) is 15.3. The SMILES string of the molecule is CNC(=O)c1ccc(N2C(=O)C=CC2=O)c(N2C(=O)C=CC2=O)c1. The van der Waals surface area contributed by atoms with Crippen molar-refractivity contribution in [2.75, 3.05) is 16.8 Å². The molecule has 120 valence electrons. The molecule has 24 heavy (non-hydrogen) atoms. The number of rotatable bonds is 3. The van der Waals surface area contributed by atoms with E-state index in [0.717, 1.165) is 34.1 Å². The number of carbonyl (C=O) groups is 5. The van der Waals surface area contributed by atoms with Gasteiger partial charge in [0.1, 0.15) is 0 Å². The number of benzene rings is 1. The van der Waals surface area contributed by atoms with Crippen molar-refractivity contribution in [3.63, 3.8) is 0 Å². The molecule has 0 atom stereocenters. The fourth-order valence-corrected chi connectivity index (χ4v) is 2.45. The van der Waals surface area contributed by atoms with Crippen LogP contribution in [-0.2, 0) is 19.2 Å². The summed E-state index contributed by atoms with van der Waals surface area (Å²) in [5.74, 6) is -2.88. The highest BCUT2D eigenvalue weighted by Crippen LogP contribution is 2.34. The number of nitrogens with one attached hydrogen (secondary N) is 1. The Kier molecular flexibility index (Phi) is 3.57. The van der Waals surface area contributed by atoms with Crippen LogP contribution < -0.4 is 15.1 Å². The Bertz CT molecular complexity index is 832. The van der Waals surface area contributed by atoms with Crippen LogP contribution in [0, 0.1) is 0 Å². The molecule has 2 aliphatic heterocycles. The average Bonchev–Trinajstić information content (AvgIpc) is 3.08. The third-order valence-electron chi connectivity index (χ3n) is 3.56. The Morgan fingerprint density at radius 2 is 1.25 bits per heavy atom. The maximum Gasteiger partial charge on any atom is 0.258 e. The summed E-state index contributed by atoms with van der Waals surface area (Å²) < 4.78 is 0. The maximum atomic E-state index is 12.0. The van der Waals surface area contributed by atoms with Gasteiger partial charge in [-0.3, -0.25) is 24.0 Å². The maximum absolute atomic E-state index is 12.0. The third-order valence-corrected chi connectivity index (χ3v) is 3.56. The number of hydrogen-bond acceptors (Lipinski definition) is 5. The van der Waals surface area contributed by atoms with Crippen molar-refractivity contribution >= 4 is 40.9 Å². The van der Waals surface area contributed by atoms with Crippen molar-refractivity contribution in [3.8, 4) is 0 Å². The second-order valence-corrected chi connectivity index (χ2v) is 4.97. The van der Waals surface area contributed by atoms with Gasteiger partial charge in [-0.2, -0.15) is 0 Å². The van der Waals surface area contributed by atoms with Gasteiger partial charge >= 0.3 is 0 Å². The van der Waals surface area contributed by atoms with E-state index in [0.29, 0.717) is 0 Å². The molecule has 8 nitrogen and oxygen atoms in total. The normalized spacial score (nSPS) is 16.5. The lowest BCUT2D eigenvalue weighted by Gasteiger charge is -2.23. The van der Waals surface area contributed by atoms with E-state index < -0.39 is 29.5 Å². The summed E-state index contributed by atoms with van der Waals surface area (Å²) in [6, 6.07) is 4.03. The first-order chi connectivity index (χ1) is 11.4. The van der Waals surface area contributed by atoms with Crippen LogP contribution in [0.1, 0.15) is 10.4 Å². The number of amides is 5. The molecular formula is C16H11N3O5. The highest BCUT2D eigenvalue weighted by Gasteiger charge is 2.34. The Hall–Kier alpha value is -3.55. The lowest BCUT2D eigenvalue weighted by molar-refractivity contribution is -0.122. The summed E-state index contributed by atoms with van der Waals surface area (Å²) in [4.78, 5) is 61.3. The van der Waals surface area contributed by atoms with Gasteiger partial charge in [-0.25, -0.2) is 9.80 Å². The highest BCUT2D eigenvalue weighted by atomic mass is 16.2. The number of imide groups is 2. The van der Waals surface area contributed by atoms with Gasteiger partial charge in [-0.15, -0.1) is 0 Å². The number of carbonyl (C=O) groups excluding carboxylic acids is 5. The fraction of sp³-hybridized carbons (Fsp3) is 0.0625. The van der Waals surface area contributed by atoms with Crippen LogP contribution in [-0.4, -0.2) is 36.6 Å². The molecule has 0 aliphatic carbocycles. The smallest absolute Gasteiger partial charge is 0.258 e. The van der Waals surface area contributed by atoms with E-state index in [1.165, 1.54) is 25.2 Å². The zero-order chi connectivity index (χ0) is 17.4. The molecule has 0 saturated carbocycles. The number of hydrogen-bond donors (Lipinski definition) is 1. The first-order valence-electron chi connectivity index (χ1n) is 6.92. The van der Waals surface area contributed by atoms with E-state index >= 15 is 0 Å². The molecule has 0 radical (unpaired) electrons. The molecule has 8 heteroatoms. The average molecular weight is 325 g/mol. The fourth-order valence-electron chi connectivity index (χ4n) is 2.45. The van der Waals surface area contributed by atoms with Gasteiger partial charge in [0, 0.05) is 36.9 Å². The van der Waals surface area contributed by atoms with E-state index in [1.54, 1.807) is 0 Å². The van der Waals surface area contributed by atoms with E-state index in [9.17, 15) is 24.0 Å². The molecule has 0 aromatic heterocycles. The Morgan fingerprint density at radius 1 is 0.792 bits per heavy atom. The molecule has 2 aliphatic rings. The van der Waals surface area contributed by atoms with Gasteiger partial charge in [-0.1, -0.05) is 0 Å². The molecule has 5 amide bonds. The highest BCUT2D eigenvalue weighted by molar-refractivity contribution is 6.33. The topological polar surface area (TPSA) is 104 Å². The van der Waals surface area contributed by atoms with Crippen molar-refractivity contribution in [2.45, 2.75) is 0 Å². The third kappa shape index (κ3) is 2.30. The van der Waals surface area contributed by atoms with Gasteiger partial charge in [0.2, 0.25) is 0 Å². The predicted octanol–water partition coefficient (Wildman–Crippen LogP) is -0.0950. The molecule has 0 bridgehead atoms. The van der Waals surface area contributed by atoms with Crippen molar-refractivity contribution in [1.82, 2.24) is 5.32 Å². The molecule has 1 aromatic carbocycles. The van der Waals surface area contributed by atoms with Crippen LogP contribution in [0.2, 0.25) is 0 Å². The summed E-state index contributed by atoms with van der Waals surface area (Å²) in [7, 11) is 1.43. The molecule has 2 heterocycles. The minimum Gasteiger partial charge on any atom is -0.355 e. The monoisotopic (exact) mass is 325 g/mol. The van der Waals surface area contributed by atoms with Crippen LogP contribution in [0.15, 0.2) is 42.5 Å². The Labute approximate surface area is 136 Å². The molecule has 1 N–H and O–H groups in total. The summed E-state index contributed by atoms with van der Waals surface area (Å²) in [6.07, 6.45) is 4.32. The minimum absolute atomic E-state index is 0.0125. The van der Waals surface area contributed by atoms with Crippen molar-refractivity contribution in [3.05, 3.63) is 48.1 Å². The standard InChI is InChI=1S/C16H11N3O5/c1-17-16(24)9-2-3-10(18-12(20)4-5-13(18)21)11(8-9)19-14(22)6-7-15(19)23/h2-8H,1H3,(H,17,24). The molecule has 3 rings (SSSR count). The van der Waals surface area contributed by atoms with Crippen LogP contribution >= 0.6 is 0 Å².